The Morgan fingerprint density at radius 2 is 1.94 bits per heavy atom. The van der Waals surface area contributed by atoms with Gasteiger partial charge in [-0.05, 0) is 18.2 Å². The summed E-state index contributed by atoms with van der Waals surface area (Å²) in [5.74, 6) is 0.519. The Morgan fingerprint density at radius 1 is 1.19 bits per heavy atom. The molecule has 0 amide bonds. The SMILES string of the molecule is CN(c1ccccc1)c1nccc(C#N)n1. The standard InChI is InChI=1S/C12H10N4/c1-16(11-5-3-2-4-6-11)12-14-8-7-10(9-13)15-12/h2-8H,1H3. The molecule has 0 atom stereocenters. The third kappa shape index (κ3) is 1.98. The molecule has 4 heteroatoms. The van der Waals surface area contributed by atoms with Crippen LogP contribution in [0.2, 0.25) is 0 Å². The molecular formula is C12H10N4. The zero-order valence-electron chi connectivity index (χ0n) is 8.83. The zero-order valence-corrected chi connectivity index (χ0v) is 8.83. The van der Waals surface area contributed by atoms with E-state index in [0.717, 1.165) is 5.69 Å². The third-order valence-electron chi connectivity index (χ3n) is 2.20. The van der Waals surface area contributed by atoms with Gasteiger partial charge in [-0.2, -0.15) is 5.26 Å². The quantitative estimate of drug-likeness (QED) is 0.761. The highest BCUT2D eigenvalue weighted by Crippen LogP contribution is 2.18. The number of para-hydroxylation sites is 1. The number of nitriles is 1. The Bertz CT molecular complexity index is 516. The molecule has 1 aromatic carbocycles. The summed E-state index contributed by atoms with van der Waals surface area (Å²) in [6.45, 7) is 0. The number of nitrogens with zero attached hydrogens (tertiary/aromatic N) is 4. The second kappa shape index (κ2) is 4.41. The molecule has 4 nitrogen and oxygen atoms in total. The predicted octanol–water partition coefficient (Wildman–Crippen LogP) is 2.12. The van der Waals surface area contributed by atoms with Crippen LogP contribution in [0.1, 0.15) is 5.69 Å². The summed E-state index contributed by atoms with van der Waals surface area (Å²) in [6, 6.07) is 13.3. The molecule has 0 radical (unpaired) electrons. The van der Waals surface area contributed by atoms with Crippen molar-refractivity contribution in [2.75, 3.05) is 11.9 Å². The summed E-state index contributed by atoms with van der Waals surface area (Å²) in [5, 5.41) is 8.76. The molecule has 2 aromatic rings. The van der Waals surface area contributed by atoms with Crippen LogP contribution in [0.5, 0.6) is 0 Å². The van der Waals surface area contributed by atoms with Crippen LogP contribution >= 0.6 is 0 Å². The maximum Gasteiger partial charge on any atom is 0.230 e. The van der Waals surface area contributed by atoms with Crippen molar-refractivity contribution in [1.82, 2.24) is 9.97 Å². The normalized spacial score (nSPS) is 9.50. The maximum atomic E-state index is 8.76. The number of anilines is 2. The van der Waals surface area contributed by atoms with Gasteiger partial charge in [0.05, 0.1) is 0 Å². The van der Waals surface area contributed by atoms with Crippen LogP contribution in [0.4, 0.5) is 11.6 Å². The summed E-state index contributed by atoms with van der Waals surface area (Å²) in [6.07, 6.45) is 1.58. The van der Waals surface area contributed by atoms with Gasteiger partial charge in [0.2, 0.25) is 5.95 Å². The fourth-order valence-electron chi connectivity index (χ4n) is 1.34. The molecule has 0 aliphatic heterocycles. The Hall–Kier alpha value is -2.41. The van der Waals surface area contributed by atoms with Crippen molar-refractivity contribution < 1.29 is 0 Å². The summed E-state index contributed by atoms with van der Waals surface area (Å²) >= 11 is 0. The highest BCUT2D eigenvalue weighted by Gasteiger charge is 2.06. The highest BCUT2D eigenvalue weighted by atomic mass is 15.2. The van der Waals surface area contributed by atoms with Crippen LogP contribution in [0, 0.1) is 11.3 Å². The number of hydrogen-bond acceptors (Lipinski definition) is 4. The Kier molecular flexibility index (Phi) is 2.79. The third-order valence-corrected chi connectivity index (χ3v) is 2.20. The van der Waals surface area contributed by atoms with Gasteiger partial charge in [0.15, 0.2) is 0 Å². The molecule has 2 rings (SSSR count). The first kappa shape index (κ1) is 10.1. The zero-order chi connectivity index (χ0) is 11.4. The summed E-state index contributed by atoms with van der Waals surface area (Å²) in [5.41, 5.74) is 1.35. The van der Waals surface area contributed by atoms with E-state index in [1.807, 2.05) is 48.3 Å². The smallest absolute Gasteiger partial charge is 0.230 e. The minimum Gasteiger partial charge on any atom is -0.314 e. The van der Waals surface area contributed by atoms with Crippen molar-refractivity contribution in [3.63, 3.8) is 0 Å². The number of hydrogen-bond donors (Lipinski definition) is 0. The lowest BCUT2D eigenvalue weighted by Crippen LogP contribution is -2.13. The first-order valence-electron chi connectivity index (χ1n) is 4.83. The van der Waals surface area contributed by atoms with Crippen LogP contribution in [-0.4, -0.2) is 17.0 Å². The molecule has 78 valence electrons. The molecule has 16 heavy (non-hydrogen) atoms. The molecule has 0 unspecified atom stereocenters. The van der Waals surface area contributed by atoms with Gasteiger partial charge < -0.3 is 4.90 Å². The first-order valence-corrected chi connectivity index (χ1v) is 4.83. The van der Waals surface area contributed by atoms with E-state index in [2.05, 4.69) is 9.97 Å². The van der Waals surface area contributed by atoms with Crippen molar-refractivity contribution in [2.45, 2.75) is 0 Å². The van der Waals surface area contributed by atoms with Gasteiger partial charge in [-0.15, -0.1) is 0 Å². The topological polar surface area (TPSA) is 52.8 Å². The molecule has 0 fully saturated rings. The molecule has 0 saturated carbocycles. The number of rotatable bonds is 2. The Balaban J connectivity index is 2.35. The van der Waals surface area contributed by atoms with E-state index in [1.54, 1.807) is 12.3 Å². The van der Waals surface area contributed by atoms with E-state index in [9.17, 15) is 0 Å². The monoisotopic (exact) mass is 210 g/mol. The fraction of sp³-hybridized carbons (Fsp3) is 0.0833. The minimum absolute atomic E-state index is 0.368. The van der Waals surface area contributed by atoms with Crippen molar-refractivity contribution in [2.24, 2.45) is 0 Å². The highest BCUT2D eigenvalue weighted by molar-refractivity contribution is 5.56. The van der Waals surface area contributed by atoms with E-state index in [4.69, 9.17) is 5.26 Å². The maximum absolute atomic E-state index is 8.76. The average molecular weight is 210 g/mol. The largest absolute Gasteiger partial charge is 0.314 e. The predicted molar refractivity (Wildman–Crippen MR) is 61.3 cm³/mol. The van der Waals surface area contributed by atoms with Crippen molar-refractivity contribution in [3.05, 3.63) is 48.3 Å². The minimum atomic E-state index is 0.368. The van der Waals surface area contributed by atoms with Crippen LogP contribution in [0.15, 0.2) is 42.6 Å². The molecule has 1 heterocycles. The van der Waals surface area contributed by atoms with E-state index in [1.165, 1.54) is 0 Å². The van der Waals surface area contributed by atoms with Gasteiger partial charge in [-0.25, -0.2) is 9.97 Å². The molecule has 0 saturated heterocycles. The van der Waals surface area contributed by atoms with Crippen LogP contribution in [-0.2, 0) is 0 Å². The van der Waals surface area contributed by atoms with Gasteiger partial charge in [-0.1, -0.05) is 18.2 Å². The van der Waals surface area contributed by atoms with Crippen molar-refractivity contribution >= 4 is 11.6 Å². The summed E-state index contributed by atoms with van der Waals surface area (Å²) in [7, 11) is 1.87. The summed E-state index contributed by atoms with van der Waals surface area (Å²) in [4.78, 5) is 10.1. The van der Waals surface area contributed by atoms with E-state index < -0.39 is 0 Å². The number of benzene rings is 1. The Morgan fingerprint density at radius 3 is 2.62 bits per heavy atom. The molecule has 1 aromatic heterocycles. The van der Waals surface area contributed by atoms with Gasteiger partial charge >= 0.3 is 0 Å². The lowest BCUT2D eigenvalue weighted by atomic mass is 10.3. The lowest BCUT2D eigenvalue weighted by molar-refractivity contribution is 1.03. The van der Waals surface area contributed by atoms with Crippen molar-refractivity contribution in [3.8, 4) is 6.07 Å². The first-order chi connectivity index (χ1) is 7.81. The summed E-state index contributed by atoms with van der Waals surface area (Å²) < 4.78 is 0. The molecule has 0 aliphatic carbocycles. The fourth-order valence-corrected chi connectivity index (χ4v) is 1.34. The van der Waals surface area contributed by atoms with Gasteiger partial charge in [-0.3, -0.25) is 0 Å². The average Bonchev–Trinajstić information content (AvgIpc) is 2.39. The van der Waals surface area contributed by atoms with E-state index in [0.29, 0.717) is 11.6 Å². The van der Waals surface area contributed by atoms with Crippen molar-refractivity contribution in [1.29, 1.82) is 5.26 Å². The number of aromatic nitrogens is 2. The van der Waals surface area contributed by atoms with E-state index >= 15 is 0 Å². The molecule has 0 spiro atoms. The molecular weight excluding hydrogens is 200 g/mol. The molecule has 0 bridgehead atoms. The Labute approximate surface area is 93.8 Å². The molecule has 0 N–H and O–H groups in total. The second-order valence-corrected chi connectivity index (χ2v) is 3.25. The van der Waals surface area contributed by atoms with Crippen LogP contribution in [0.3, 0.4) is 0 Å². The van der Waals surface area contributed by atoms with Crippen LogP contribution < -0.4 is 4.90 Å². The second-order valence-electron chi connectivity index (χ2n) is 3.25. The van der Waals surface area contributed by atoms with Gasteiger partial charge in [0.1, 0.15) is 11.8 Å². The van der Waals surface area contributed by atoms with E-state index in [-0.39, 0.29) is 0 Å². The van der Waals surface area contributed by atoms with Gasteiger partial charge in [0, 0.05) is 18.9 Å². The van der Waals surface area contributed by atoms with Crippen LogP contribution in [0.25, 0.3) is 0 Å². The molecule has 0 aliphatic rings. The van der Waals surface area contributed by atoms with Gasteiger partial charge in [0.25, 0.3) is 0 Å². The lowest BCUT2D eigenvalue weighted by Gasteiger charge is -2.16.